The van der Waals surface area contributed by atoms with Gasteiger partial charge in [-0.15, -0.1) is 0 Å². The van der Waals surface area contributed by atoms with Crippen molar-refractivity contribution < 1.29 is 23.5 Å². The third-order valence-corrected chi connectivity index (χ3v) is 9.69. The van der Waals surface area contributed by atoms with Crippen LogP contribution in [0.3, 0.4) is 0 Å². The van der Waals surface area contributed by atoms with Crippen LogP contribution in [0, 0.1) is 17.0 Å². The van der Waals surface area contributed by atoms with E-state index in [1.165, 1.54) is 18.2 Å². The van der Waals surface area contributed by atoms with Crippen LogP contribution in [0.1, 0.15) is 12.5 Å². The van der Waals surface area contributed by atoms with Gasteiger partial charge in [0.2, 0.25) is 5.75 Å². The average molecular weight is 355 g/mol. The summed E-state index contributed by atoms with van der Waals surface area (Å²) in [6.07, 6.45) is 0. The van der Waals surface area contributed by atoms with E-state index in [0.29, 0.717) is 5.56 Å². The summed E-state index contributed by atoms with van der Waals surface area (Å²) in [7, 11) is 0. The van der Waals surface area contributed by atoms with E-state index in [9.17, 15) is 19.2 Å². The van der Waals surface area contributed by atoms with Gasteiger partial charge >= 0.3 is 19.1 Å². The number of benzene rings is 1. The standard InChI is InChI=1S/C9H15N3O6P2S/c1-3-11-20(17,21-19(10,15)16)18-9-5-4-7(2)6-8(9)12(13)14/h4-6H,3H2,1-2H3,(H,11,17)(H3,10,15,16). The minimum absolute atomic E-state index is 0.0367. The summed E-state index contributed by atoms with van der Waals surface area (Å²) in [4.78, 5) is 19.4. The van der Waals surface area contributed by atoms with Gasteiger partial charge in [-0.1, -0.05) is 13.0 Å². The zero-order valence-corrected chi connectivity index (χ0v) is 13.9. The maximum atomic E-state index is 12.5. The molecule has 21 heavy (non-hydrogen) atoms. The van der Waals surface area contributed by atoms with Gasteiger partial charge in [0.15, 0.2) is 0 Å². The molecule has 2 unspecified atom stereocenters. The van der Waals surface area contributed by atoms with Crippen molar-refractivity contribution in [1.29, 1.82) is 0 Å². The maximum Gasteiger partial charge on any atom is 0.384 e. The largest absolute Gasteiger partial charge is 0.418 e. The number of hydrogen-bond donors (Lipinski definition) is 3. The Kier molecular flexibility index (Phi) is 5.98. The summed E-state index contributed by atoms with van der Waals surface area (Å²) < 4.78 is 28.8. The van der Waals surface area contributed by atoms with E-state index in [1.807, 2.05) is 0 Å². The fourth-order valence-electron chi connectivity index (χ4n) is 1.40. The zero-order chi connectivity index (χ0) is 16.3. The Morgan fingerprint density at radius 1 is 1.52 bits per heavy atom. The second-order valence-electron chi connectivity index (χ2n) is 3.97. The van der Waals surface area contributed by atoms with Gasteiger partial charge in [0.05, 0.1) is 15.9 Å². The van der Waals surface area contributed by atoms with Crippen molar-refractivity contribution >= 4 is 30.1 Å². The van der Waals surface area contributed by atoms with Crippen LogP contribution in [0.5, 0.6) is 5.75 Å². The summed E-state index contributed by atoms with van der Waals surface area (Å²) >= 11 is 0.0367. The first-order valence-corrected chi connectivity index (χ1v) is 11.1. The minimum Gasteiger partial charge on any atom is -0.418 e. The normalized spacial score (nSPS) is 16.8. The van der Waals surface area contributed by atoms with Crippen LogP contribution in [0.25, 0.3) is 0 Å². The molecule has 0 aliphatic heterocycles. The predicted octanol–water partition coefficient (Wildman–Crippen LogP) is 2.79. The van der Waals surface area contributed by atoms with Crippen molar-refractivity contribution in [3.8, 4) is 5.75 Å². The van der Waals surface area contributed by atoms with E-state index in [1.54, 1.807) is 13.8 Å². The molecule has 0 saturated heterocycles. The number of rotatable bonds is 7. The first kappa shape index (κ1) is 18.2. The van der Waals surface area contributed by atoms with Crippen LogP contribution in [-0.2, 0) is 9.13 Å². The molecule has 9 nitrogen and oxygen atoms in total. The molecule has 0 fully saturated rings. The van der Waals surface area contributed by atoms with Crippen molar-refractivity contribution in [3.63, 3.8) is 0 Å². The van der Waals surface area contributed by atoms with Crippen LogP contribution >= 0.6 is 24.4 Å². The van der Waals surface area contributed by atoms with Crippen molar-refractivity contribution in [3.05, 3.63) is 33.9 Å². The Balaban J connectivity index is 3.19. The predicted molar refractivity (Wildman–Crippen MR) is 81.3 cm³/mol. The Hall–Kier alpha value is -0.890. The number of aryl methyl sites for hydroxylation is 1. The van der Waals surface area contributed by atoms with Crippen LogP contribution in [-0.4, -0.2) is 16.4 Å². The first-order chi connectivity index (χ1) is 9.56. The number of nitrogens with one attached hydrogen (secondary N) is 1. The third kappa shape index (κ3) is 5.78. The first-order valence-electron chi connectivity index (χ1n) is 5.69. The van der Waals surface area contributed by atoms with Crippen LogP contribution in [0.15, 0.2) is 18.2 Å². The molecule has 0 spiro atoms. The molecule has 0 aromatic heterocycles. The van der Waals surface area contributed by atoms with E-state index in [0.717, 1.165) is 0 Å². The second-order valence-corrected chi connectivity index (χ2v) is 11.7. The fraction of sp³-hybridized carbons (Fsp3) is 0.333. The molecule has 0 bridgehead atoms. The molecule has 2 atom stereocenters. The fourth-order valence-corrected chi connectivity index (χ4v) is 8.08. The molecule has 4 N–H and O–H groups in total. The molecule has 1 rings (SSSR count). The molecule has 0 amide bonds. The molecule has 0 aliphatic rings. The van der Waals surface area contributed by atoms with Gasteiger partial charge in [0.25, 0.3) is 0 Å². The zero-order valence-electron chi connectivity index (χ0n) is 11.3. The van der Waals surface area contributed by atoms with Gasteiger partial charge in [-0.3, -0.25) is 20.2 Å². The van der Waals surface area contributed by atoms with Crippen LogP contribution in [0.2, 0.25) is 0 Å². The topological polar surface area (TPSA) is 145 Å². The minimum atomic E-state index is -4.21. The van der Waals surface area contributed by atoms with Gasteiger partial charge < -0.3 is 9.42 Å². The Bertz CT molecular complexity index is 634. The molecule has 1 aromatic rings. The van der Waals surface area contributed by atoms with E-state index < -0.39 is 24.1 Å². The summed E-state index contributed by atoms with van der Waals surface area (Å²) in [6.45, 7) is -4.72. The lowest BCUT2D eigenvalue weighted by atomic mass is 10.2. The smallest absolute Gasteiger partial charge is 0.384 e. The van der Waals surface area contributed by atoms with E-state index in [4.69, 9.17) is 14.9 Å². The molecule has 0 radical (unpaired) electrons. The SMILES string of the molecule is CCNP(=O)(Oc1ccc(C)cc1[N+](=O)[O-])SP(N)(=O)O. The molecule has 0 aliphatic carbocycles. The average Bonchev–Trinajstić information content (AvgIpc) is 2.28. The van der Waals surface area contributed by atoms with Crippen molar-refractivity contribution in [2.24, 2.45) is 5.50 Å². The van der Waals surface area contributed by atoms with Crippen LogP contribution < -0.4 is 15.1 Å². The molecule has 118 valence electrons. The molecule has 0 heterocycles. The second kappa shape index (κ2) is 6.91. The number of hydrogen-bond acceptors (Lipinski definition) is 6. The van der Waals surface area contributed by atoms with Gasteiger partial charge in [-0.2, -0.15) is 0 Å². The Labute approximate surface area is 124 Å². The number of nitro benzene ring substituents is 1. The Morgan fingerprint density at radius 2 is 2.14 bits per heavy atom. The lowest BCUT2D eigenvalue weighted by molar-refractivity contribution is -0.385. The lowest BCUT2D eigenvalue weighted by Crippen LogP contribution is -2.12. The highest BCUT2D eigenvalue weighted by Gasteiger charge is 2.35. The molecular formula is C9H15N3O6P2S. The van der Waals surface area contributed by atoms with E-state index >= 15 is 0 Å². The van der Waals surface area contributed by atoms with E-state index in [2.05, 4.69) is 5.09 Å². The monoisotopic (exact) mass is 355 g/mol. The molecular weight excluding hydrogens is 340 g/mol. The molecule has 0 saturated carbocycles. The maximum absolute atomic E-state index is 12.5. The van der Waals surface area contributed by atoms with Crippen LogP contribution in [0.4, 0.5) is 5.69 Å². The summed E-state index contributed by atoms with van der Waals surface area (Å²) in [5.74, 6) is -0.268. The summed E-state index contributed by atoms with van der Waals surface area (Å²) in [6, 6.07) is 4.05. The van der Waals surface area contributed by atoms with Crippen molar-refractivity contribution in [2.45, 2.75) is 13.8 Å². The highest BCUT2D eigenvalue weighted by atomic mass is 33.1. The molecule has 12 heteroatoms. The van der Waals surface area contributed by atoms with Gasteiger partial charge in [-0.25, -0.2) is 9.65 Å². The van der Waals surface area contributed by atoms with Crippen molar-refractivity contribution in [2.75, 3.05) is 6.54 Å². The third-order valence-electron chi connectivity index (χ3n) is 2.11. The van der Waals surface area contributed by atoms with Crippen molar-refractivity contribution in [1.82, 2.24) is 5.09 Å². The van der Waals surface area contributed by atoms with Gasteiger partial charge in [-0.05, 0) is 18.6 Å². The Morgan fingerprint density at radius 3 is 2.62 bits per heavy atom. The number of nitro groups is 1. The highest BCUT2D eigenvalue weighted by molar-refractivity contribution is 8.85. The highest BCUT2D eigenvalue weighted by Crippen LogP contribution is 2.70. The quantitative estimate of drug-likeness (QED) is 0.382. The summed E-state index contributed by atoms with van der Waals surface area (Å²) in [5, 5.41) is 13.4. The van der Waals surface area contributed by atoms with Gasteiger partial charge in [0, 0.05) is 12.6 Å². The van der Waals surface area contributed by atoms with E-state index in [-0.39, 0.29) is 23.3 Å². The van der Waals surface area contributed by atoms with Gasteiger partial charge in [0.1, 0.15) is 0 Å². The molecule has 1 aromatic carbocycles. The number of nitrogens with zero attached hydrogens (tertiary/aromatic N) is 1. The number of nitrogens with two attached hydrogens (primary N) is 1. The lowest BCUT2D eigenvalue weighted by Gasteiger charge is -2.19. The summed E-state index contributed by atoms with van der Waals surface area (Å²) in [5.41, 5.74) is 5.20.